The largest absolute Gasteiger partial charge is 0.494 e. The van der Waals surface area contributed by atoms with Gasteiger partial charge in [-0.3, -0.25) is 14.3 Å². The van der Waals surface area contributed by atoms with Gasteiger partial charge in [-0.05, 0) is 31.1 Å². The van der Waals surface area contributed by atoms with E-state index in [1.807, 2.05) is 6.92 Å². The Morgan fingerprint density at radius 1 is 1.32 bits per heavy atom. The zero-order valence-corrected chi connectivity index (χ0v) is 19.7. The highest BCUT2D eigenvalue weighted by Gasteiger charge is 2.28. The molecule has 3 rings (SSSR count). The van der Waals surface area contributed by atoms with Crippen LogP contribution in [0.5, 0.6) is 5.75 Å². The number of aryl methyl sites for hydroxylation is 2. The van der Waals surface area contributed by atoms with Gasteiger partial charge in [-0.25, -0.2) is 4.98 Å². The lowest BCUT2D eigenvalue weighted by molar-refractivity contribution is -0.134. The van der Waals surface area contributed by atoms with E-state index < -0.39 is 18.5 Å². The first-order valence-electron chi connectivity index (χ1n) is 11.6. The summed E-state index contributed by atoms with van der Waals surface area (Å²) in [6, 6.07) is 3.48. The number of hydrogen-bond donors (Lipinski definition) is 1. The number of aromatic nitrogens is 3. The van der Waals surface area contributed by atoms with Crippen molar-refractivity contribution >= 4 is 5.91 Å². The first kappa shape index (κ1) is 25.5. The van der Waals surface area contributed by atoms with Crippen LogP contribution in [0.3, 0.4) is 0 Å². The number of hydrogen-bond acceptors (Lipinski definition) is 5. The van der Waals surface area contributed by atoms with Gasteiger partial charge in [0, 0.05) is 31.1 Å². The van der Waals surface area contributed by atoms with Crippen LogP contribution in [-0.4, -0.2) is 40.3 Å². The molecule has 2 aromatic rings. The highest BCUT2D eigenvalue weighted by atomic mass is 19.4. The van der Waals surface area contributed by atoms with E-state index in [4.69, 9.17) is 4.74 Å². The number of amides is 1. The molecule has 1 fully saturated rings. The fourth-order valence-corrected chi connectivity index (χ4v) is 4.29. The molecule has 0 aromatic carbocycles. The van der Waals surface area contributed by atoms with E-state index in [1.165, 1.54) is 23.9 Å². The number of nitriles is 1. The SMILES string of the molecule is CCc1nc(C(=O)NCC2CCC(C)CC2)c(C#N)n1-c1cnc(CCC(F)(F)F)cc1OC. The van der Waals surface area contributed by atoms with E-state index in [0.717, 1.165) is 25.7 Å². The van der Waals surface area contributed by atoms with Crippen LogP contribution in [0.15, 0.2) is 12.3 Å². The number of nitrogens with zero attached hydrogens (tertiary/aromatic N) is 4. The second-order valence-electron chi connectivity index (χ2n) is 8.82. The predicted molar refractivity (Wildman–Crippen MR) is 120 cm³/mol. The summed E-state index contributed by atoms with van der Waals surface area (Å²) in [6.07, 6.45) is 0.604. The lowest BCUT2D eigenvalue weighted by atomic mass is 9.83. The second kappa shape index (κ2) is 10.9. The van der Waals surface area contributed by atoms with Crippen molar-refractivity contribution in [3.05, 3.63) is 35.2 Å². The standard InChI is InChI=1S/C24H30F3N5O2/c1-4-21-31-22(23(33)30-13-16-7-5-15(2)6-8-16)18(12-28)32(21)19-14-29-17(11-20(19)34-3)9-10-24(25,26)27/h11,14-16H,4-10,13H2,1-3H3,(H,30,33). The molecule has 0 saturated heterocycles. The Morgan fingerprint density at radius 3 is 2.62 bits per heavy atom. The third-order valence-corrected chi connectivity index (χ3v) is 6.30. The molecule has 2 aromatic heterocycles. The molecule has 7 nitrogen and oxygen atoms in total. The quantitative estimate of drug-likeness (QED) is 0.592. The number of rotatable bonds is 8. The van der Waals surface area contributed by atoms with E-state index in [0.29, 0.717) is 36.3 Å². The molecule has 0 spiro atoms. The van der Waals surface area contributed by atoms with Crippen LogP contribution in [0.1, 0.15) is 73.7 Å². The van der Waals surface area contributed by atoms with Gasteiger partial charge in [0.05, 0.1) is 13.3 Å². The number of methoxy groups -OCH3 is 1. The highest BCUT2D eigenvalue weighted by Crippen LogP contribution is 2.30. The van der Waals surface area contributed by atoms with Crippen molar-refractivity contribution in [1.82, 2.24) is 19.9 Å². The minimum Gasteiger partial charge on any atom is -0.494 e. The predicted octanol–water partition coefficient (Wildman–Crippen LogP) is 4.76. The summed E-state index contributed by atoms with van der Waals surface area (Å²) in [5.74, 6) is 1.41. The number of ether oxygens (including phenoxy) is 1. The van der Waals surface area contributed by atoms with Gasteiger partial charge < -0.3 is 10.1 Å². The number of imidazole rings is 1. The molecule has 0 aliphatic heterocycles. The topological polar surface area (TPSA) is 92.8 Å². The van der Waals surface area contributed by atoms with Crippen LogP contribution >= 0.6 is 0 Å². The summed E-state index contributed by atoms with van der Waals surface area (Å²) in [5, 5.41) is 12.8. The first-order valence-corrected chi connectivity index (χ1v) is 11.6. The van der Waals surface area contributed by atoms with Crippen molar-refractivity contribution in [3.8, 4) is 17.5 Å². The number of alkyl halides is 3. The van der Waals surface area contributed by atoms with Crippen LogP contribution in [0.25, 0.3) is 5.69 Å². The molecule has 1 aliphatic rings. The van der Waals surface area contributed by atoms with E-state index >= 15 is 0 Å². The smallest absolute Gasteiger partial charge is 0.389 e. The van der Waals surface area contributed by atoms with E-state index in [-0.39, 0.29) is 29.3 Å². The van der Waals surface area contributed by atoms with E-state index in [2.05, 4.69) is 28.3 Å². The molecule has 0 bridgehead atoms. The number of nitrogens with one attached hydrogen (secondary N) is 1. The van der Waals surface area contributed by atoms with Gasteiger partial charge in [0.15, 0.2) is 11.4 Å². The molecule has 184 valence electrons. The third-order valence-electron chi connectivity index (χ3n) is 6.30. The van der Waals surface area contributed by atoms with Crippen molar-refractivity contribution in [2.75, 3.05) is 13.7 Å². The Balaban J connectivity index is 1.87. The highest BCUT2D eigenvalue weighted by molar-refractivity contribution is 5.94. The monoisotopic (exact) mass is 477 g/mol. The fraction of sp³-hybridized carbons (Fsp3) is 0.583. The normalized spacial score (nSPS) is 18.4. The maximum atomic E-state index is 12.9. The average molecular weight is 478 g/mol. The summed E-state index contributed by atoms with van der Waals surface area (Å²) in [7, 11) is 1.39. The van der Waals surface area contributed by atoms with Crippen molar-refractivity contribution in [3.63, 3.8) is 0 Å². The lowest BCUT2D eigenvalue weighted by Crippen LogP contribution is -2.31. The van der Waals surface area contributed by atoms with E-state index in [9.17, 15) is 23.2 Å². The van der Waals surface area contributed by atoms with Crippen molar-refractivity contribution in [2.24, 2.45) is 11.8 Å². The molecule has 0 unspecified atom stereocenters. The van der Waals surface area contributed by atoms with Crippen LogP contribution in [-0.2, 0) is 12.8 Å². The van der Waals surface area contributed by atoms with Gasteiger partial charge in [0.1, 0.15) is 23.3 Å². The third kappa shape index (κ3) is 6.07. The second-order valence-corrected chi connectivity index (χ2v) is 8.82. The molecular weight excluding hydrogens is 447 g/mol. The molecule has 34 heavy (non-hydrogen) atoms. The number of carbonyl (C=O) groups is 1. The van der Waals surface area contributed by atoms with E-state index in [1.54, 1.807) is 0 Å². The Morgan fingerprint density at radius 2 is 2.03 bits per heavy atom. The van der Waals surface area contributed by atoms with Crippen LogP contribution < -0.4 is 10.1 Å². The molecule has 1 amide bonds. The summed E-state index contributed by atoms with van der Waals surface area (Å²) < 4.78 is 44.7. The van der Waals surface area contributed by atoms with Gasteiger partial charge in [-0.2, -0.15) is 18.4 Å². The van der Waals surface area contributed by atoms with Crippen molar-refractivity contribution in [1.29, 1.82) is 5.26 Å². The average Bonchev–Trinajstić information content (AvgIpc) is 3.20. The maximum Gasteiger partial charge on any atom is 0.389 e. The fourth-order valence-electron chi connectivity index (χ4n) is 4.29. The van der Waals surface area contributed by atoms with Crippen LogP contribution in [0.4, 0.5) is 13.2 Å². The molecule has 0 atom stereocenters. The molecule has 1 aliphatic carbocycles. The zero-order valence-electron chi connectivity index (χ0n) is 19.7. The number of halogens is 3. The Hall–Kier alpha value is -3.09. The van der Waals surface area contributed by atoms with Crippen LogP contribution in [0, 0.1) is 23.2 Å². The first-order chi connectivity index (χ1) is 16.2. The Bertz CT molecular complexity index is 1050. The Kier molecular flexibility index (Phi) is 8.18. The zero-order chi connectivity index (χ0) is 24.9. The summed E-state index contributed by atoms with van der Waals surface area (Å²) in [4.78, 5) is 21.5. The van der Waals surface area contributed by atoms with Crippen molar-refractivity contribution < 1.29 is 22.7 Å². The van der Waals surface area contributed by atoms with Gasteiger partial charge in [0.2, 0.25) is 0 Å². The van der Waals surface area contributed by atoms with Gasteiger partial charge in [-0.1, -0.05) is 26.7 Å². The molecule has 1 saturated carbocycles. The lowest BCUT2D eigenvalue weighted by Gasteiger charge is -2.26. The molecule has 10 heteroatoms. The number of pyridine rings is 1. The molecule has 0 radical (unpaired) electrons. The van der Waals surface area contributed by atoms with Gasteiger partial charge in [-0.15, -0.1) is 0 Å². The Labute approximate surface area is 197 Å². The summed E-state index contributed by atoms with van der Waals surface area (Å²) >= 11 is 0. The molecule has 2 heterocycles. The van der Waals surface area contributed by atoms with Crippen LogP contribution in [0.2, 0.25) is 0 Å². The minimum absolute atomic E-state index is 0.0201. The number of carbonyl (C=O) groups excluding carboxylic acids is 1. The minimum atomic E-state index is -4.29. The van der Waals surface area contributed by atoms with Crippen molar-refractivity contribution in [2.45, 2.75) is 65.0 Å². The van der Waals surface area contributed by atoms with Gasteiger partial charge >= 0.3 is 6.18 Å². The molecule has 1 N–H and O–H groups in total. The summed E-state index contributed by atoms with van der Waals surface area (Å²) in [6.45, 7) is 4.60. The van der Waals surface area contributed by atoms with Gasteiger partial charge in [0.25, 0.3) is 5.91 Å². The summed E-state index contributed by atoms with van der Waals surface area (Å²) in [5.41, 5.74) is 0.621. The molecular formula is C24H30F3N5O2. The maximum absolute atomic E-state index is 12.9.